The summed E-state index contributed by atoms with van der Waals surface area (Å²) in [4.78, 5) is 2.16. The van der Waals surface area contributed by atoms with Gasteiger partial charge in [0.2, 0.25) is 6.34 Å². The minimum atomic E-state index is -6.72. The number of halogens is 6. The van der Waals surface area contributed by atoms with Crippen molar-refractivity contribution in [3.63, 3.8) is 0 Å². The smallest absolute Gasteiger partial charge is 0.421 e. The molecule has 2 aromatic carbocycles. The van der Waals surface area contributed by atoms with Crippen molar-refractivity contribution in [1.29, 1.82) is 0 Å². The minimum absolute atomic E-state index is 0.0199. The molecule has 9 nitrogen and oxygen atoms in total. The van der Waals surface area contributed by atoms with E-state index < -0.39 is 43.3 Å². The first-order valence-electron chi connectivity index (χ1n) is 11.5. The van der Waals surface area contributed by atoms with Crippen LogP contribution in [0.5, 0.6) is 0 Å². The van der Waals surface area contributed by atoms with Gasteiger partial charge < -0.3 is 14.3 Å². The first kappa shape index (κ1) is 33.5. The highest BCUT2D eigenvalue weighted by Crippen LogP contribution is 2.36. The normalized spacial score (nSPS) is 17.8. The van der Waals surface area contributed by atoms with E-state index in [-0.39, 0.29) is 12.1 Å². The molecule has 2 N–H and O–H groups in total. The van der Waals surface area contributed by atoms with E-state index in [1.807, 2.05) is 80.8 Å². The number of aliphatic hydroxyl groups excluding tert-OH is 2. The van der Waals surface area contributed by atoms with E-state index in [0.717, 1.165) is 28.3 Å². The van der Waals surface area contributed by atoms with Crippen LogP contribution in [0.1, 0.15) is 37.2 Å². The van der Waals surface area contributed by atoms with Gasteiger partial charge in [0, 0.05) is 0 Å². The van der Waals surface area contributed by atoms with Crippen molar-refractivity contribution in [3.05, 3.63) is 75.9 Å². The first-order valence-corrected chi connectivity index (χ1v) is 14.4. The average molecular weight is 620 g/mol. The molecule has 40 heavy (non-hydrogen) atoms. The predicted octanol–water partition coefficient (Wildman–Crippen LogP) is 3.65. The van der Waals surface area contributed by atoms with Crippen LogP contribution in [0.4, 0.5) is 26.3 Å². The van der Waals surface area contributed by atoms with Crippen LogP contribution in [-0.2, 0) is 20.0 Å². The summed E-state index contributed by atoms with van der Waals surface area (Å²) in [5.74, 6) is 0. The number of hydrogen-bond acceptors (Lipinski definition) is 7. The molecule has 0 aliphatic carbocycles. The lowest BCUT2D eigenvalue weighted by Gasteiger charge is -2.22. The summed E-state index contributed by atoms with van der Waals surface area (Å²) in [7, 11) is -13.4. The molecular formula is C23H27F6N3O6S2. The number of sulfonamides is 2. The Hall–Kier alpha value is -2.73. The van der Waals surface area contributed by atoms with Crippen molar-refractivity contribution in [2.24, 2.45) is 0 Å². The molecule has 0 aromatic heterocycles. The SMILES string of the molecule is C[C@H]([C@@H](O)c1ccccc1)N1C=[N+]([C@H](C)[C@@H](O)c2ccccc2)CC1.O=S(=O)([N-]S(=O)(=O)C(F)(F)F)C(F)(F)F. The Kier molecular flexibility index (Phi) is 10.7. The van der Waals surface area contributed by atoms with Gasteiger partial charge in [-0.1, -0.05) is 60.7 Å². The van der Waals surface area contributed by atoms with Gasteiger partial charge >= 0.3 is 11.0 Å². The number of rotatable bonds is 8. The summed E-state index contributed by atoms with van der Waals surface area (Å²) in [6, 6.07) is 19.5. The zero-order valence-corrected chi connectivity index (χ0v) is 22.7. The summed E-state index contributed by atoms with van der Waals surface area (Å²) >= 11 is 0. The van der Waals surface area contributed by atoms with Gasteiger partial charge in [-0.3, -0.25) is 9.48 Å². The maximum absolute atomic E-state index is 11.4. The average Bonchev–Trinajstić information content (AvgIpc) is 3.37. The van der Waals surface area contributed by atoms with Crippen LogP contribution in [0.3, 0.4) is 0 Å². The third-order valence-corrected chi connectivity index (χ3v) is 8.68. The molecule has 17 heteroatoms. The minimum Gasteiger partial charge on any atom is -0.421 e. The molecule has 1 heterocycles. The topological polar surface area (TPSA) is 129 Å². The number of benzene rings is 2. The van der Waals surface area contributed by atoms with Gasteiger partial charge in [0.15, 0.2) is 20.0 Å². The van der Waals surface area contributed by atoms with Gasteiger partial charge in [-0.05, 0) is 25.0 Å². The molecule has 0 saturated carbocycles. The molecule has 3 rings (SSSR count). The van der Waals surface area contributed by atoms with Gasteiger partial charge in [0.1, 0.15) is 37.4 Å². The van der Waals surface area contributed by atoms with Gasteiger partial charge in [0.05, 0.1) is 0 Å². The van der Waals surface area contributed by atoms with Crippen LogP contribution in [0.15, 0.2) is 60.7 Å². The van der Waals surface area contributed by atoms with E-state index in [9.17, 15) is 53.4 Å². The number of aliphatic hydroxyl groups is 2. The van der Waals surface area contributed by atoms with Crippen molar-refractivity contribution in [2.75, 3.05) is 13.1 Å². The van der Waals surface area contributed by atoms with Gasteiger partial charge in [0.25, 0.3) is 0 Å². The Bertz CT molecular complexity index is 1310. The highest BCUT2D eigenvalue weighted by atomic mass is 32.3. The molecule has 0 unspecified atom stereocenters. The summed E-state index contributed by atoms with van der Waals surface area (Å²) in [6.45, 7) is 5.76. The maximum Gasteiger partial charge on any atom is 0.480 e. The van der Waals surface area contributed by atoms with Crippen LogP contribution >= 0.6 is 0 Å². The van der Waals surface area contributed by atoms with Crippen LogP contribution in [0.25, 0.3) is 4.13 Å². The van der Waals surface area contributed by atoms with Crippen molar-refractivity contribution in [2.45, 2.75) is 49.2 Å². The zero-order valence-electron chi connectivity index (χ0n) is 21.0. The summed E-state index contributed by atoms with van der Waals surface area (Å²) in [5.41, 5.74) is -10.5. The Morgan fingerprint density at radius 1 is 0.775 bits per heavy atom. The molecule has 0 radical (unpaired) electrons. The summed E-state index contributed by atoms with van der Waals surface area (Å²) < 4.78 is 111. The molecule has 0 bridgehead atoms. The van der Waals surface area contributed by atoms with Crippen molar-refractivity contribution in [3.8, 4) is 0 Å². The third kappa shape index (κ3) is 8.39. The lowest BCUT2D eigenvalue weighted by atomic mass is 10.0. The summed E-state index contributed by atoms with van der Waals surface area (Å²) in [5, 5.41) is 21.3. The molecule has 1 aliphatic rings. The standard InChI is InChI=1S/C21H27N2O2.C2F6NO4S2/c1-16(20(24)18-9-5-3-6-10-18)22-13-14-23(15-22)17(2)21(25)19-11-7-4-8-12-19;3-1(4,5)14(10,11)9-15(12,13)2(6,7)8/h3-12,15-17,20-21,24-25H,13-14H2,1-2H3;/q+1;-1/t16-,17-,20-,21-;/m1./s1. The molecule has 0 saturated heterocycles. The van der Waals surface area contributed by atoms with Crippen LogP contribution in [-0.4, -0.2) is 79.1 Å². The highest BCUT2D eigenvalue weighted by molar-refractivity contribution is 8.13. The number of nitrogens with zero attached hydrogens (tertiary/aromatic N) is 3. The fourth-order valence-electron chi connectivity index (χ4n) is 3.59. The van der Waals surface area contributed by atoms with E-state index in [2.05, 4.69) is 9.48 Å². The first-order chi connectivity index (χ1) is 18.3. The Morgan fingerprint density at radius 2 is 1.18 bits per heavy atom. The molecule has 0 amide bonds. The fraction of sp³-hybridized carbons (Fsp3) is 0.435. The van der Waals surface area contributed by atoms with Gasteiger partial charge in [-0.15, -0.1) is 0 Å². The lowest BCUT2D eigenvalue weighted by molar-refractivity contribution is -0.561. The molecule has 4 atom stereocenters. The molecule has 0 spiro atoms. The second-order valence-electron chi connectivity index (χ2n) is 8.70. The van der Waals surface area contributed by atoms with Gasteiger partial charge in [-0.25, -0.2) is 16.8 Å². The number of alkyl halides is 6. The Balaban J connectivity index is 0.000000323. The van der Waals surface area contributed by atoms with Gasteiger partial charge in [-0.2, -0.15) is 26.3 Å². The predicted molar refractivity (Wildman–Crippen MR) is 133 cm³/mol. The van der Waals surface area contributed by atoms with Crippen LogP contribution < -0.4 is 0 Å². The number of hydrogen-bond donors (Lipinski definition) is 2. The second-order valence-corrected chi connectivity index (χ2v) is 12.1. The van der Waals surface area contributed by atoms with E-state index >= 15 is 0 Å². The van der Waals surface area contributed by atoms with Crippen molar-refractivity contribution >= 4 is 26.4 Å². The van der Waals surface area contributed by atoms with Crippen molar-refractivity contribution in [1.82, 2.24) is 4.90 Å². The quantitative estimate of drug-likeness (QED) is 0.341. The third-order valence-electron chi connectivity index (χ3n) is 5.94. The van der Waals surface area contributed by atoms with Crippen LogP contribution in [0.2, 0.25) is 0 Å². The van der Waals surface area contributed by atoms with E-state index in [1.54, 1.807) is 0 Å². The monoisotopic (exact) mass is 619 g/mol. The van der Waals surface area contributed by atoms with E-state index in [1.165, 1.54) is 0 Å². The largest absolute Gasteiger partial charge is 0.480 e. The van der Waals surface area contributed by atoms with E-state index in [0.29, 0.717) is 0 Å². The fourth-order valence-corrected chi connectivity index (χ4v) is 5.30. The Labute approximate surface area is 227 Å². The van der Waals surface area contributed by atoms with E-state index in [4.69, 9.17) is 0 Å². The van der Waals surface area contributed by atoms with Crippen LogP contribution in [0, 0.1) is 0 Å². The summed E-state index contributed by atoms with van der Waals surface area (Å²) in [6.07, 6.45) is 0.978. The molecule has 1 aliphatic heterocycles. The molecule has 224 valence electrons. The molecular weight excluding hydrogens is 592 g/mol. The molecule has 2 aromatic rings. The maximum atomic E-state index is 11.4. The Morgan fingerprint density at radius 3 is 1.57 bits per heavy atom. The zero-order chi connectivity index (χ0) is 30.5. The van der Waals surface area contributed by atoms with Crippen molar-refractivity contribution < 1.29 is 58.0 Å². The highest BCUT2D eigenvalue weighted by Gasteiger charge is 2.47. The lowest BCUT2D eigenvalue weighted by Crippen LogP contribution is -2.35. The molecule has 0 fully saturated rings. The second kappa shape index (κ2) is 12.8.